The zero-order valence-electron chi connectivity index (χ0n) is 11.1. The minimum Gasteiger partial charge on any atom is -0.305 e. The van der Waals surface area contributed by atoms with E-state index in [-0.39, 0.29) is 11.5 Å². The van der Waals surface area contributed by atoms with Crippen LogP contribution in [0.15, 0.2) is 24.3 Å². The van der Waals surface area contributed by atoms with Gasteiger partial charge in [-0.25, -0.2) is 8.42 Å². The Morgan fingerprint density at radius 2 is 1.79 bits per heavy atom. The zero-order valence-corrected chi connectivity index (χ0v) is 12.7. The van der Waals surface area contributed by atoms with Crippen molar-refractivity contribution >= 4 is 27.2 Å². The summed E-state index contributed by atoms with van der Waals surface area (Å²) < 4.78 is 22.0. The van der Waals surface area contributed by atoms with Crippen LogP contribution in [0.1, 0.15) is 16.8 Å². The van der Waals surface area contributed by atoms with Crippen molar-refractivity contribution in [2.75, 3.05) is 32.1 Å². The third-order valence-corrected chi connectivity index (χ3v) is 3.91. The average molecular weight is 304 g/mol. The van der Waals surface area contributed by atoms with E-state index in [1.54, 1.807) is 31.3 Å². The second-order valence-corrected chi connectivity index (χ2v) is 7.31. The van der Waals surface area contributed by atoms with E-state index in [9.17, 15) is 13.2 Å². The summed E-state index contributed by atoms with van der Waals surface area (Å²) in [6, 6.07) is 6.76. The van der Waals surface area contributed by atoms with Crippen LogP contribution in [0.25, 0.3) is 0 Å². The van der Waals surface area contributed by atoms with E-state index in [2.05, 4.69) is 0 Å². The normalized spacial score (nSPS) is 11.8. The van der Waals surface area contributed by atoms with Crippen LogP contribution in [0.5, 0.6) is 0 Å². The van der Waals surface area contributed by atoms with Gasteiger partial charge in [-0.05, 0) is 31.3 Å². The molecular formula is C13H18ClNO3S. The predicted molar refractivity (Wildman–Crippen MR) is 77.6 cm³/mol. The summed E-state index contributed by atoms with van der Waals surface area (Å²) in [6.45, 7) is 0.976. The minimum atomic E-state index is -2.96. The molecule has 0 aliphatic heterocycles. The van der Waals surface area contributed by atoms with Crippen LogP contribution >= 0.6 is 11.6 Å². The van der Waals surface area contributed by atoms with Gasteiger partial charge in [0.2, 0.25) is 0 Å². The average Bonchev–Trinajstić information content (AvgIpc) is 2.33. The lowest BCUT2D eigenvalue weighted by molar-refractivity contribution is 0.0970. The molecule has 0 spiro atoms. The number of benzene rings is 1. The summed E-state index contributed by atoms with van der Waals surface area (Å²) in [7, 11) is -1.15. The highest BCUT2D eigenvalue weighted by atomic mass is 35.5. The molecule has 6 heteroatoms. The predicted octanol–water partition coefficient (Wildman–Crippen LogP) is 1.89. The number of carbonyl (C=O) groups excluding carboxylic acids is 1. The van der Waals surface area contributed by atoms with Crippen LogP contribution in [-0.2, 0) is 9.84 Å². The number of ketones is 1. The summed E-state index contributed by atoms with van der Waals surface area (Å²) in [4.78, 5) is 13.7. The Balaban J connectivity index is 2.40. The van der Waals surface area contributed by atoms with Crippen molar-refractivity contribution in [2.45, 2.75) is 6.42 Å². The van der Waals surface area contributed by atoms with Crippen molar-refractivity contribution in [1.82, 2.24) is 4.90 Å². The molecule has 0 fully saturated rings. The Hall–Kier alpha value is -0.910. The number of sulfone groups is 1. The molecule has 0 aliphatic carbocycles. The molecule has 0 saturated heterocycles. The molecule has 0 heterocycles. The molecular weight excluding hydrogens is 286 g/mol. The van der Waals surface area contributed by atoms with Gasteiger partial charge in [-0.3, -0.25) is 4.79 Å². The Kier molecular flexibility index (Phi) is 5.97. The molecule has 19 heavy (non-hydrogen) atoms. The molecule has 0 atom stereocenters. The van der Waals surface area contributed by atoms with E-state index in [4.69, 9.17) is 11.6 Å². The van der Waals surface area contributed by atoms with Crippen molar-refractivity contribution < 1.29 is 13.2 Å². The molecule has 0 bridgehead atoms. The monoisotopic (exact) mass is 303 g/mol. The summed E-state index contributed by atoms with van der Waals surface area (Å²) in [6.07, 6.45) is 1.57. The first-order valence-corrected chi connectivity index (χ1v) is 8.37. The molecule has 0 amide bonds. The molecule has 0 aromatic heterocycles. The molecule has 1 rings (SSSR count). The molecule has 0 radical (unpaired) electrons. The lowest BCUT2D eigenvalue weighted by atomic mass is 10.1. The van der Waals surface area contributed by atoms with Crippen LogP contribution in [0.4, 0.5) is 0 Å². The van der Waals surface area contributed by atoms with Gasteiger partial charge in [0.05, 0.1) is 5.75 Å². The Labute approximate surface area is 119 Å². The van der Waals surface area contributed by atoms with Crippen molar-refractivity contribution in [3.05, 3.63) is 34.9 Å². The van der Waals surface area contributed by atoms with Gasteiger partial charge < -0.3 is 4.90 Å². The van der Waals surface area contributed by atoms with Gasteiger partial charge in [-0.1, -0.05) is 11.6 Å². The number of rotatable bonds is 7. The molecule has 0 aliphatic rings. The highest BCUT2D eigenvalue weighted by Gasteiger charge is 2.09. The zero-order chi connectivity index (χ0) is 14.5. The van der Waals surface area contributed by atoms with Gasteiger partial charge in [0.25, 0.3) is 0 Å². The number of carbonyl (C=O) groups is 1. The van der Waals surface area contributed by atoms with Crippen LogP contribution in [-0.4, -0.2) is 51.2 Å². The third-order valence-electron chi connectivity index (χ3n) is 2.73. The van der Waals surface area contributed by atoms with E-state index in [1.165, 1.54) is 6.26 Å². The van der Waals surface area contributed by atoms with Gasteiger partial charge >= 0.3 is 0 Å². The first-order valence-electron chi connectivity index (χ1n) is 5.93. The fourth-order valence-corrected chi connectivity index (χ4v) is 2.28. The van der Waals surface area contributed by atoms with E-state index in [0.717, 1.165) is 0 Å². The second-order valence-electron chi connectivity index (χ2n) is 4.61. The molecule has 0 N–H and O–H groups in total. The third kappa shape index (κ3) is 6.71. The van der Waals surface area contributed by atoms with Crippen molar-refractivity contribution in [3.63, 3.8) is 0 Å². The standard InChI is InChI=1S/C13H18ClNO3S/c1-15(9-10-19(2,17)18)8-7-13(16)11-3-5-12(14)6-4-11/h3-6H,7-10H2,1-2H3. The Morgan fingerprint density at radius 1 is 1.21 bits per heavy atom. The molecule has 1 aromatic rings. The largest absolute Gasteiger partial charge is 0.305 e. The number of halogens is 1. The number of hydrogen-bond acceptors (Lipinski definition) is 4. The molecule has 1 aromatic carbocycles. The topological polar surface area (TPSA) is 54.5 Å². The molecule has 0 saturated carbocycles. The smallest absolute Gasteiger partial charge is 0.164 e. The van der Waals surface area contributed by atoms with E-state index in [0.29, 0.717) is 30.1 Å². The van der Waals surface area contributed by atoms with Crippen molar-refractivity contribution in [3.8, 4) is 0 Å². The fraction of sp³-hybridized carbons (Fsp3) is 0.462. The van der Waals surface area contributed by atoms with Crippen molar-refractivity contribution in [2.24, 2.45) is 0 Å². The van der Waals surface area contributed by atoms with Crippen molar-refractivity contribution in [1.29, 1.82) is 0 Å². The molecule has 106 valence electrons. The lowest BCUT2D eigenvalue weighted by Crippen LogP contribution is -2.27. The van der Waals surface area contributed by atoms with E-state index >= 15 is 0 Å². The summed E-state index contributed by atoms with van der Waals surface area (Å²) >= 11 is 5.75. The van der Waals surface area contributed by atoms with Gasteiger partial charge in [0, 0.05) is 36.4 Å². The maximum atomic E-state index is 11.9. The summed E-state index contributed by atoms with van der Waals surface area (Å²) in [5, 5.41) is 0.599. The van der Waals surface area contributed by atoms with Gasteiger partial charge in [-0.15, -0.1) is 0 Å². The van der Waals surface area contributed by atoms with Crippen LogP contribution in [0, 0.1) is 0 Å². The number of Topliss-reactive ketones (excluding diaryl/α,β-unsaturated/α-hetero) is 1. The highest BCUT2D eigenvalue weighted by molar-refractivity contribution is 7.90. The Morgan fingerprint density at radius 3 is 2.32 bits per heavy atom. The van der Waals surface area contributed by atoms with Gasteiger partial charge in [-0.2, -0.15) is 0 Å². The summed E-state index contributed by atoms with van der Waals surface area (Å²) in [5.41, 5.74) is 0.626. The number of hydrogen-bond donors (Lipinski definition) is 0. The first kappa shape index (κ1) is 16.1. The van der Waals surface area contributed by atoms with E-state index < -0.39 is 9.84 Å². The van der Waals surface area contributed by atoms with Crippen LogP contribution < -0.4 is 0 Å². The minimum absolute atomic E-state index is 0.0304. The second kappa shape index (κ2) is 7.03. The maximum Gasteiger partial charge on any atom is 0.164 e. The molecule has 0 unspecified atom stereocenters. The van der Waals surface area contributed by atoms with Crippen LogP contribution in [0.3, 0.4) is 0 Å². The van der Waals surface area contributed by atoms with Gasteiger partial charge in [0.15, 0.2) is 5.78 Å². The Bertz CT molecular complexity index is 525. The van der Waals surface area contributed by atoms with Crippen LogP contribution in [0.2, 0.25) is 5.02 Å². The highest BCUT2D eigenvalue weighted by Crippen LogP contribution is 2.11. The van der Waals surface area contributed by atoms with Gasteiger partial charge in [0.1, 0.15) is 9.84 Å². The number of nitrogens with zero attached hydrogens (tertiary/aromatic N) is 1. The maximum absolute atomic E-state index is 11.9. The quantitative estimate of drug-likeness (QED) is 0.722. The fourth-order valence-electron chi connectivity index (χ4n) is 1.51. The summed E-state index contributed by atoms with van der Waals surface area (Å²) in [5.74, 6) is 0.140. The molecule has 4 nitrogen and oxygen atoms in total. The lowest BCUT2D eigenvalue weighted by Gasteiger charge is -2.15. The first-order chi connectivity index (χ1) is 8.78. The SMILES string of the molecule is CN(CCC(=O)c1ccc(Cl)cc1)CCS(C)(=O)=O. The van der Waals surface area contributed by atoms with E-state index in [1.807, 2.05) is 4.90 Å².